The highest BCUT2D eigenvalue weighted by molar-refractivity contribution is 8.26. The fourth-order valence-corrected chi connectivity index (χ4v) is 2.78. The van der Waals surface area contributed by atoms with E-state index in [0.717, 1.165) is 11.8 Å². The Hall–Kier alpha value is -1.73. The largest absolute Gasteiger partial charge is 0.550 e. The van der Waals surface area contributed by atoms with Crippen molar-refractivity contribution in [2.24, 2.45) is 0 Å². The van der Waals surface area contributed by atoms with Crippen molar-refractivity contribution in [3.05, 3.63) is 35.0 Å². The number of hydrogen-bond donors (Lipinski definition) is 0. The summed E-state index contributed by atoms with van der Waals surface area (Å²) in [6, 6.07) is 5.37. The topological polar surface area (TPSA) is 73.3 Å². The van der Waals surface area contributed by atoms with E-state index in [1.54, 1.807) is 24.4 Å². The molecule has 0 unspecified atom stereocenters. The van der Waals surface area contributed by atoms with Gasteiger partial charge in [-0.2, -0.15) is 0 Å². The van der Waals surface area contributed by atoms with Gasteiger partial charge in [0.25, 0.3) is 5.91 Å². The number of thiocarbonyl (C=S) groups is 1. The zero-order valence-corrected chi connectivity index (χ0v) is 11.4. The number of carboxylic acids is 1. The van der Waals surface area contributed by atoms with Crippen LogP contribution in [0.5, 0.6) is 0 Å². The van der Waals surface area contributed by atoms with Crippen molar-refractivity contribution >= 4 is 46.3 Å². The van der Waals surface area contributed by atoms with E-state index < -0.39 is 5.97 Å². The standard InChI is InChI=1S/C12H10N2O3S2/c15-10(16)4-6-14-11(17)9(19-12(14)18)7-8-3-1-2-5-13-8/h1-3,5,7H,4,6H2,(H,15,16)/p-1. The Morgan fingerprint density at radius 3 is 2.95 bits per heavy atom. The molecule has 1 aliphatic rings. The first-order chi connectivity index (χ1) is 9.08. The van der Waals surface area contributed by atoms with Crippen molar-refractivity contribution in [2.75, 3.05) is 6.54 Å². The van der Waals surface area contributed by atoms with Crippen molar-refractivity contribution in [1.29, 1.82) is 0 Å². The minimum Gasteiger partial charge on any atom is -0.550 e. The van der Waals surface area contributed by atoms with E-state index in [4.69, 9.17) is 12.2 Å². The highest BCUT2D eigenvalue weighted by Gasteiger charge is 2.31. The molecule has 0 atom stereocenters. The van der Waals surface area contributed by atoms with Crippen LogP contribution in [0.2, 0.25) is 0 Å². The van der Waals surface area contributed by atoms with Crippen molar-refractivity contribution in [2.45, 2.75) is 6.42 Å². The van der Waals surface area contributed by atoms with E-state index in [1.165, 1.54) is 4.90 Å². The molecule has 0 spiro atoms. The van der Waals surface area contributed by atoms with Crippen molar-refractivity contribution < 1.29 is 14.7 Å². The van der Waals surface area contributed by atoms with Crippen LogP contribution >= 0.6 is 24.0 Å². The first kappa shape index (κ1) is 13.7. The molecule has 0 aliphatic carbocycles. The molecule has 2 rings (SSSR count). The number of carbonyl (C=O) groups is 2. The van der Waals surface area contributed by atoms with Crippen LogP contribution in [-0.2, 0) is 9.59 Å². The van der Waals surface area contributed by atoms with Crippen molar-refractivity contribution in [3.8, 4) is 0 Å². The number of aliphatic carboxylic acids is 1. The predicted octanol–water partition coefficient (Wildman–Crippen LogP) is 0.423. The van der Waals surface area contributed by atoms with Gasteiger partial charge in [-0.1, -0.05) is 30.0 Å². The van der Waals surface area contributed by atoms with Crippen LogP contribution in [0.4, 0.5) is 0 Å². The van der Waals surface area contributed by atoms with E-state index in [2.05, 4.69) is 4.98 Å². The molecule has 19 heavy (non-hydrogen) atoms. The second-order valence-corrected chi connectivity index (χ2v) is 5.39. The molecule has 1 aromatic rings. The van der Waals surface area contributed by atoms with Crippen LogP contribution in [0, 0.1) is 0 Å². The summed E-state index contributed by atoms with van der Waals surface area (Å²) in [5, 5.41) is 10.4. The average molecular weight is 293 g/mol. The summed E-state index contributed by atoms with van der Waals surface area (Å²) in [5.74, 6) is -1.50. The summed E-state index contributed by atoms with van der Waals surface area (Å²) < 4.78 is 0.355. The van der Waals surface area contributed by atoms with Gasteiger partial charge in [0.2, 0.25) is 0 Å². The molecule has 1 saturated heterocycles. The summed E-state index contributed by atoms with van der Waals surface area (Å²) in [7, 11) is 0. The molecule has 0 bridgehead atoms. The first-order valence-corrected chi connectivity index (χ1v) is 6.66. The number of carbonyl (C=O) groups excluding carboxylic acids is 2. The number of rotatable bonds is 4. The van der Waals surface area contributed by atoms with E-state index in [9.17, 15) is 14.7 Å². The molecule has 0 aromatic carbocycles. The predicted molar refractivity (Wildman–Crippen MR) is 73.7 cm³/mol. The molecule has 5 nitrogen and oxygen atoms in total. The molecular weight excluding hydrogens is 284 g/mol. The summed E-state index contributed by atoms with van der Waals surface area (Å²) in [6.45, 7) is 0.0343. The molecule has 2 heterocycles. The Labute approximate surface area is 119 Å². The lowest BCUT2D eigenvalue weighted by molar-refractivity contribution is -0.305. The average Bonchev–Trinajstić information content (AvgIpc) is 2.63. The number of aromatic nitrogens is 1. The summed E-state index contributed by atoms with van der Waals surface area (Å²) in [4.78, 5) is 28.3. The van der Waals surface area contributed by atoms with Gasteiger partial charge in [-0.15, -0.1) is 0 Å². The minimum atomic E-state index is -1.21. The van der Waals surface area contributed by atoms with Crippen molar-refractivity contribution in [1.82, 2.24) is 9.88 Å². The van der Waals surface area contributed by atoms with E-state index in [0.29, 0.717) is 14.9 Å². The third-order valence-electron chi connectivity index (χ3n) is 2.38. The van der Waals surface area contributed by atoms with Gasteiger partial charge >= 0.3 is 0 Å². The maximum absolute atomic E-state index is 12.0. The lowest BCUT2D eigenvalue weighted by atomic mass is 10.3. The second-order valence-electron chi connectivity index (χ2n) is 3.71. The van der Waals surface area contributed by atoms with Crippen LogP contribution in [0.15, 0.2) is 29.3 Å². The van der Waals surface area contributed by atoms with Gasteiger partial charge in [-0.25, -0.2) is 0 Å². The highest BCUT2D eigenvalue weighted by atomic mass is 32.2. The number of carboxylic acid groups (broad SMARTS) is 1. The second kappa shape index (κ2) is 5.94. The van der Waals surface area contributed by atoms with Gasteiger partial charge in [0.1, 0.15) is 4.32 Å². The van der Waals surface area contributed by atoms with Gasteiger partial charge in [0.05, 0.1) is 10.6 Å². The van der Waals surface area contributed by atoms with Gasteiger partial charge in [-0.05, 0) is 18.2 Å². The zero-order valence-electron chi connectivity index (χ0n) is 9.74. The van der Waals surface area contributed by atoms with Gasteiger partial charge in [-0.3, -0.25) is 14.7 Å². The molecular formula is C12H9N2O3S2-. The number of thioether (sulfide) groups is 1. The quantitative estimate of drug-likeness (QED) is 0.592. The third kappa shape index (κ3) is 3.39. The first-order valence-electron chi connectivity index (χ1n) is 5.44. The lowest BCUT2D eigenvalue weighted by Crippen LogP contribution is -2.33. The molecule has 1 amide bonds. The zero-order chi connectivity index (χ0) is 13.8. The molecule has 0 radical (unpaired) electrons. The minimum absolute atomic E-state index is 0.0343. The van der Waals surface area contributed by atoms with Crippen molar-refractivity contribution in [3.63, 3.8) is 0 Å². The number of nitrogens with zero attached hydrogens (tertiary/aromatic N) is 2. The molecule has 98 valence electrons. The molecule has 1 aliphatic heterocycles. The fraction of sp³-hybridized carbons (Fsp3) is 0.167. The maximum atomic E-state index is 12.0. The molecule has 0 saturated carbocycles. The molecule has 0 N–H and O–H groups in total. The number of hydrogen-bond acceptors (Lipinski definition) is 6. The number of amides is 1. The Balaban J connectivity index is 2.14. The molecule has 1 fully saturated rings. The third-order valence-corrected chi connectivity index (χ3v) is 3.76. The normalized spacial score (nSPS) is 17.3. The van der Waals surface area contributed by atoms with Crippen LogP contribution < -0.4 is 5.11 Å². The summed E-state index contributed by atoms with van der Waals surface area (Å²) in [5.41, 5.74) is 0.655. The smallest absolute Gasteiger partial charge is 0.266 e. The van der Waals surface area contributed by atoms with E-state index in [-0.39, 0.29) is 18.9 Å². The van der Waals surface area contributed by atoms with Gasteiger partial charge in [0.15, 0.2) is 0 Å². The Morgan fingerprint density at radius 1 is 1.53 bits per heavy atom. The van der Waals surface area contributed by atoms with Gasteiger partial charge < -0.3 is 9.90 Å². The monoisotopic (exact) mass is 293 g/mol. The highest BCUT2D eigenvalue weighted by Crippen LogP contribution is 2.32. The molecule has 1 aromatic heterocycles. The summed E-state index contributed by atoms with van der Waals surface area (Å²) in [6.07, 6.45) is 3.03. The lowest BCUT2D eigenvalue weighted by Gasteiger charge is -2.14. The van der Waals surface area contributed by atoms with Gasteiger partial charge in [0, 0.05) is 25.1 Å². The van der Waals surface area contributed by atoms with E-state index >= 15 is 0 Å². The van der Waals surface area contributed by atoms with Crippen LogP contribution in [0.25, 0.3) is 6.08 Å². The Kier molecular flexibility index (Phi) is 4.28. The summed E-state index contributed by atoms with van der Waals surface area (Å²) >= 11 is 6.20. The Bertz CT molecular complexity index is 557. The fourth-order valence-electron chi connectivity index (χ4n) is 1.49. The van der Waals surface area contributed by atoms with E-state index in [1.807, 2.05) is 6.07 Å². The van der Waals surface area contributed by atoms with Crippen LogP contribution in [0.3, 0.4) is 0 Å². The van der Waals surface area contributed by atoms with Crippen LogP contribution in [-0.4, -0.2) is 32.6 Å². The number of pyridine rings is 1. The SMILES string of the molecule is O=C([O-])CCN1C(=O)C(=Cc2ccccn2)SC1=S. The maximum Gasteiger partial charge on any atom is 0.266 e. The molecule has 7 heteroatoms. The van der Waals surface area contributed by atoms with Crippen LogP contribution in [0.1, 0.15) is 12.1 Å². The Morgan fingerprint density at radius 2 is 2.32 bits per heavy atom.